The van der Waals surface area contributed by atoms with E-state index in [1.165, 1.54) is 0 Å². The van der Waals surface area contributed by atoms with E-state index in [-0.39, 0.29) is 11.8 Å². The molecular weight excluding hydrogens is 218 g/mol. The number of carboxylic acids is 1. The number of aliphatic carboxylic acids is 1. The first-order valence-electron chi connectivity index (χ1n) is 6.56. The van der Waals surface area contributed by atoms with Gasteiger partial charge in [0.05, 0.1) is 0 Å². The van der Waals surface area contributed by atoms with Crippen molar-refractivity contribution in [3.63, 3.8) is 0 Å². The van der Waals surface area contributed by atoms with Gasteiger partial charge in [-0.25, -0.2) is 4.79 Å². The van der Waals surface area contributed by atoms with Crippen molar-refractivity contribution in [3.05, 3.63) is 0 Å². The molecule has 17 heavy (non-hydrogen) atoms. The lowest BCUT2D eigenvalue weighted by atomic mass is 10.0. The van der Waals surface area contributed by atoms with Gasteiger partial charge < -0.3 is 10.4 Å². The number of hydrogen-bond donors (Lipinski definition) is 2. The molecular formula is C13H25NO3. The zero-order valence-electron chi connectivity index (χ0n) is 11.2. The maximum absolute atomic E-state index is 11.8. The Hall–Kier alpha value is -1.06. The molecule has 0 spiro atoms. The molecule has 0 rings (SSSR count). The first-order chi connectivity index (χ1) is 8.02. The third kappa shape index (κ3) is 6.97. The lowest BCUT2D eigenvalue weighted by Crippen LogP contribution is -2.43. The minimum absolute atomic E-state index is 0.0987. The summed E-state index contributed by atoms with van der Waals surface area (Å²) in [6, 6.07) is -0.730. The van der Waals surface area contributed by atoms with E-state index in [0.29, 0.717) is 6.42 Å². The van der Waals surface area contributed by atoms with Crippen LogP contribution in [0.2, 0.25) is 0 Å². The molecule has 0 radical (unpaired) electrons. The molecule has 0 saturated heterocycles. The first kappa shape index (κ1) is 15.9. The summed E-state index contributed by atoms with van der Waals surface area (Å²) < 4.78 is 0. The predicted molar refractivity (Wildman–Crippen MR) is 67.8 cm³/mol. The number of carboxylic acid groups (broad SMARTS) is 1. The van der Waals surface area contributed by atoms with E-state index in [0.717, 1.165) is 32.1 Å². The molecule has 2 N–H and O–H groups in total. The summed E-state index contributed by atoms with van der Waals surface area (Å²) in [6.07, 6.45) is 5.14. The van der Waals surface area contributed by atoms with Gasteiger partial charge in [-0.2, -0.15) is 0 Å². The molecule has 0 fully saturated rings. The summed E-state index contributed by atoms with van der Waals surface area (Å²) in [4.78, 5) is 22.7. The molecule has 4 heteroatoms. The normalized spacial score (nSPS) is 14.1. The van der Waals surface area contributed by atoms with Crippen molar-refractivity contribution in [1.82, 2.24) is 5.32 Å². The van der Waals surface area contributed by atoms with Gasteiger partial charge in [0.1, 0.15) is 6.04 Å². The van der Waals surface area contributed by atoms with E-state index in [4.69, 9.17) is 5.11 Å². The minimum atomic E-state index is -0.936. The van der Waals surface area contributed by atoms with Crippen LogP contribution in [-0.2, 0) is 9.59 Å². The molecule has 0 aliphatic heterocycles. The van der Waals surface area contributed by atoms with Crippen LogP contribution in [0.1, 0.15) is 59.3 Å². The molecule has 1 unspecified atom stereocenters. The summed E-state index contributed by atoms with van der Waals surface area (Å²) in [5, 5.41) is 11.6. The van der Waals surface area contributed by atoms with Crippen LogP contribution in [0.3, 0.4) is 0 Å². The van der Waals surface area contributed by atoms with Crippen molar-refractivity contribution in [1.29, 1.82) is 0 Å². The van der Waals surface area contributed by atoms with E-state index in [9.17, 15) is 9.59 Å². The number of hydrogen-bond acceptors (Lipinski definition) is 2. The van der Waals surface area contributed by atoms with Gasteiger partial charge in [-0.3, -0.25) is 4.79 Å². The van der Waals surface area contributed by atoms with E-state index >= 15 is 0 Å². The standard InChI is InChI=1S/C13H25NO3/c1-4-6-8-10(3)12(15)14-11(13(16)17)9-7-5-2/h10-11H,4-9H2,1-3H3,(H,14,15)(H,16,17)/t10?,11-/m0/s1. The maximum atomic E-state index is 11.8. The zero-order chi connectivity index (χ0) is 13.3. The van der Waals surface area contributed by atoms with Crippen molar-refractivity contribution >= 4 is 11.9 Å². The van der Waals surface area contributed by atoms with Gasteiger partial charge in [0.2, 0.25) is 5.91 Å². The Bertz CT molecular complexity index is 241. The molecule has 0 heterocycles. The second-order valence-corrected chi connectivity index (χ2v) is 4.58. The Balaban J connectivity index is 4.15. The number of unbranched alkanes of at least 4 members (excludes halogenated alkanes) is 2. The lowest BCUT2D eigenvalue weighted by molar-refractivity contribution is -0.142. The second kappa shape index (κ2) is 9.02. The van der Waals surface area contributed by atoms with Crippen LogP contribution in [0.15, 0.2) is 0 Å². The summed E-state index contributed by atoms with van der Waals surface area (Å²) in [5.74, 6) is -1.17. The third-order valence-corrected chi connectivity index (χ3v) is 2.90. The van der Waals surface area contributed by atoms with Gasteiger partial charge in [-0.05, 0) is 12.8 Å². The van der Waals surface area contributed by atoms with Gasteiger partial charge in [0.25, 0.3) is 0 Å². The quantitative estimate of drug-likeness (QED) is 0.654. The monoisotopic (exact) mass is 243 g/mol. The minimum Gasteiger partial charge on any atom is -0.480 e. The average molecular weight is 243 g/mol. The fourth-order valence-corrected chi connectivity index (χ4v) is 1.62. The number of nitrogens with one attached hydrogen (secondary N) is 1. The van der Waals surface area contributed by atoms with Crippen LogP contribution in [0, 0.1) is 5.92 Å². The van der Waals surface area contributed by atoms with Gasteiger partial charge in [0.15, 0.2) is 0 Å². The summed E-state index contributed by atoms with van der Waals surface area (Å²) in [6.45, 7) is 5.93. The van der Waals surface area contributed by atoms with Gasteiger partial charge in [-0.15, -0.1) is 0 Å². The van der Waals surface area contributed by atoms with Crippen molar-refractivity contribution in [2.45, 2.75) is 65.3 Å². The highest BCUT2D eigenvalue weighted by Gasteiger charge is 2.21. The van der Waals surface area contributed by atoms with E-state index in [2.05, 4.69) is 12.2 Å². The highest BCUT2D eigenvalue weighted by molar-refractivity contribution is 5.84. The van der Waals surface area contributed by atoms with E-state index in [1.807, 2.05) is 13.8 Å². The van der Waals surface area contributed by atoms with Crippen molar-refractivity contribution < 1.29 is 14.7 Å². The van der Waals surface area contributed by atoms with Crippen LogP contribution in [0.5, 0.6) is 0 Å². The SMILES string of the molecule is CCCCC(C)C(=O)N[C@@H](CCCC)C(=O)O. The molecule has 1 amide bonds. The van der Waals surface area contributed by atoms with E-state index < -0.39 is 12.0 Å². The number of carbonyl (C=O) groups excluding carboxylic acids is 1. The number of rotatable bonds is 9. The summed E-state index contributed by atoms with van der Waals surface area (Å²) in [5.41, 5.74) is 0. The fourth-order valence-electron chi connectivity index (χ4n) is 1.62. The van der Waals surface area contributed by atoms with Gasteiger partial charge in [-0.1, -0.05) is 46.5 Å². The Kier molecular flexibility index (Phi) is 8.46. The molecule has 0 aromatic heterocycles. The molecule has 0 bridgehead atoms. The van der Waals surface area contributed by atoms with Gasteiger partial charge >= 0.3 is 5.97 Å². The Labute approximate surface area is 104 Å². The van der Waals surface area contributed by atoms with E-state index in [1.54, 1.807) is 0 Å². The van der Waals surface area contributed by atoms with Crippen LogP contribution < -0.4 is 5.32 Å². The molecule has 0 aliphatic rings. The van der Waals surface area contributed by atoms with Crippen LogP contribution in [0.4, 0.5) is 0 Å². The highest BCUT2D eigenvalue weighted by Crippen LogP contribution is 2.09. The molecule has 0 aromatic carbocycles. The third-order valence-electron chi connectivity index (χ3n) is 2.90. The topological polar surface area (TPSA) is 66.4 Å². The summed E-state index contributed by atoms with van der Waals surface area (Å²) in [7, 11) is 0. The zero-order valence-corrected chi connectivity index (χ0v) is 11.2. The molecule has 100 valence electrons. The largest absolute Gasteiger partial charge is 0.480 e. The van der Waals surface area contributed by atoms with Gasteiger partial charge in [0, 0.05) is 5.92 Å². The Morgan fingerprint density at radius 2 is 1.65 bits per heavy atom. The van der Waals surface area contributed by atoms with Crippen LogP contribution >= 0.6 is 0 Å². The van der Waals surface area contributed by atoms with Crippen LogP contribution in [0.25, 0.3) is 0 Å². The predicted octanol–water partition coefficient (Wildman–Crippen LogP) is 2.57. The average Bonchev–Trinajstić information content (AvgIpc) is 2.30. The molecule has 2 atom stereocenters. The molecule has 4 nitrogen and oxygen atoms in total. The second-order valence-electron chi connectivity index (χ2n) is 4.58. The fraction of sp³-hybridized carbons (Fsp3) is 0.846. The maximum Gasteiger partial charge on any atom is 0.326 e. The Morgan fingerprint density at radius 1 is 1.12 bits per heavy atom. The number of amides is 1. The van der Waals surface area contributed by atoms with Crippen molar-refractivity contribution in [3.8, 4) is 0 Å². The smallest absolute Gasteiger partial charge is 0.326 e. The Morgan fingerprint density at radius 3 is 2.12 bits per heavy atom. The molecule has 0 saturated carbocycles. The van der Waals surface area contributed by atoms with Crippen LogP contribution in [-0.4, -0.2) is 23.0 Å². The van der Waals surface area contributed by atoms with Crippen molar-refractivity contribution in [2.24, 2.45) is 5.92 Å². The van der Waals surface area contributed by atoms with Crippen molar-refractivity contribution in [2.75, 3.05) is 0 Å². The number of carbonyl (C=O) groups is 2. The summed E-state index contributed by atoms with van der Waals surface area (Å²) >= 11 is 0. The lowest BCUT2D eigenvalue weighted by Gasteiger charge is -2.17. The highest BCUT2D eigenvalue weighted by atomic mass is 16.4. The molecule has 0 aliphatic carbocycles. The molecule has 0 aromatic rings. The first-order valence-corrected chi connectivity index (χ1v) is 6.56.